The Bertz CT molecular complexity index is 234. The number of aliphatic carboxylic acids is 1. The molecule has 0 saturated heterocycles. The molecule has 0 fully saturated rings. The molecule has 1 N–H and O–H groups in total. The zero-order valence-electron chi connectivity index (χ0n) is 6.86. The molecule has 1 heterocycles. The van der Waals surface area contributed by atoms with E-state index in [1.807, 2.05) is 6.92 Å². The normalized spacial score (nSPS) is 22.9. The van der Waals surface area contributed by atoms with Crippen LogP contribution in [0.15, 0.2) is 12.3 Å². The Morgan fingerprint density at radius 2 is 2.50 bits per heavy atom. The fourth-order valence-electron chi connectivity index (χ4n) is 1.21. The van der Waals surface area contributed by atoms with Gasteiger partial charge in [0.2, 0.25) is 0 Å². The average Bonchev–Trinajstić information content (AvgIpc) is 2.04. The molecule has 0 saturated carbocycles. The third-order valence-electron chi connectivity index (χ3n) is 1.90. The Balaban J connectivity index is 2.77. The van der Waals surface area contributed by atoms with Crippen molar-refractivity contribution in [3.8, 4) is 0 Å². The summed E-state index contributed by atoms with van der Waals surface area (Å²) >= 11 is 0. The van der Waals surface area contributed by atoms with Crippen molar-refractivity contribution in [2.45, 2.75) is 19.4 Å². The van der Waals surface area contributed by atoms with Crippen LogP contribution in [-0.4, -0.2) is 34.3 Å². The predicted molar refractivity (Wildman–Crippen MR) is 42.6 cm³/mol. The average molecular weight is 169 g/mol. The van der Waals surface area contributed by atoms with E-state index in [1.165, 1.54) is 6.08 Å². The zero-order valence-corrected chi connectivity index (χ0v) is 6.86. The van der Waals surface area contributed by atoms with Crippen LogP contribution in [0.2, 0.25) is 0 Å². The lowest BCUT2D eigenvalue weighted by Crippen LogP contribution is -2.41. The van der Waals surface area contributed by atoms with Crippen LogP contribution in [0.4, 0.5) is 0 Å². The van der Waals surface area contributed by atoms with E-state index in [0.717, 1.165) is 0 Å². The second-order valence-corrected chi connectivity index (χ2v) is 2.67. The van der Waals surface area contributed by atoms with Crippen LogP contribution in [0.5, 0.6) is 0 Å². The first kappa shape index (κ1) is 8.77. The molecule has 0 aliphatic carbocycles. The van der Waals surface area contributed by atoms with Crippen LogP contribution in [0.3, 0.4) is 0 Å². The summed E-state index contributed by atoms with van der Waals surface area (Å²) in [5.74, 6) is -1.05. The van der Waals surface area contributed by atoms with Gasteiger partial charge >= 0.3 is 5.97 Å². The molecule has 0 radical (unpaired) electrons. The molecule has 0 bridgehead atoms. The minimum Gasteiger partial charge on any atom is -0.480 e. The summed E-state index contributed by atoms with van der Waals surface area (Å²) in [5, 5.41) is 8.73. The number of allylic oxidation sites excluding steroid dienone is 1. The Morgan fingerprint density at radius 1 is 1.83 bits per heavy atom. The summed E-state index contributed by atoms with van der Waals surface area (Å²) in [7, 11) is 0. The highest BCUT2D eigenvalue weighted by atomic mass is 16.4. The molecule has 12 heavy (non-hydrogen) atoms. The Hall–Kier alpha value is -1.32. The molecule has 0 aromatic carbocycles. The molecule has 1 rings (SSSR count). The van der Waals surface area contributed by atoms with E-state index in [-0.39, 0.29) is 12.2 Å². The lowest BCUT2D eigenvalue weighted by atomic mass is 10.1. The molecular weight excluding hydrogens is 158 g/mol. The third-order valence-corrected chi connectivity index (χ3v) is 1.90. The summed E-state index contributed by atoms with van der Waals surface area (Å²) < 4.78 is 0. The number of likely N-dealkylation sites (N-methyl/N-ethyl adjacent to an activating group) is 1. The fourth-order valence-corrected chi connectivity index (χ4v) is 1.21. The topological polar surface area (TPSA) is 57.6 Å². The molecule has 0 amide bonds. The Labute approximate surface area is 70.5 Å². The largest absolute Gasteiger partial charge is 0.480 e. The smallest absolute Gasteiger partial charge is 0.326 e. The highest BCUT2D eigenvalue weighted by Gasteiger charge is 2.27. The maximum absolute atomic E-state index is 10.9. The van der Waals surface area contributed by atoms with Gasteiger partial charge in [0.05, 0.1) is 0 Å². The van der Waals surface area contributed by atoms with E-state index < -0.39 is 12.0 Å². The molecule has 1 unspecified atom stereocenters. The highest BCUT2D eigenvalue weighted by molar-refractivity contribution is 5.94. The van der Waals surface area contributed by atoms with Gasteiger partial charge in [0.15, 0.2) is 5.78 Å². The van der Waals surface area contributed by atoms with Crippen LogP contribution in [0.1, 0.15) is 13.3 Å². The van der Waals surface area contributed by atoms with Crippen molar-refractivity contribution in [3.63, 3.8) is 0 Å². The number of hydrogen-bond acceptors (Lipinski definition) is 3. The fraction of sp³-hybridized carbons (Fsp3) is 0.500. The van der Waals surface area contributed by atoms with E-state index in [2.05, 4.69) is 0 Å². The summed E-state index contributed by atoms with van der Waals surface area (Å²) in [6, 6.07) is -0.674. The number of carbonyl (C=O) groups is 2. The van der Waals surface area contributed by atoms with Gasteiger partial charge in [-0.15, -0.1) is 0 Å². The number of rotatable bonds is 2. The van der Waals surface area contributed by atoms with Crippen LogP contribution in [0.25, 0.3) is 0 Å². The van der Waals surface area contributed by atoms with Crippen molar-refractivity contribution in [2.75, 3.05) is 6.54 Å². The molecule has 4 heteroatoms. The van der Waals surface area contributed by atoms with Gasteiger partial charge in [-0.3, -0.25) is 4.79 Å². The van der Waals surface area contributed by atoms with Gasteiger partial charge in [0.25, 0.3) is 0 Å². The first-order valence-corrected chi connectivity index (χ1v) is 3.84. The molecule has 0 aromatic rings. The molecule has 1 aliphatic heterocycles. The predicted octanol–water partition coefficient (Wildman–Crippen LogP) is 0.248. The first-order chi connectivity index (χ1) is 5.65. The van der Waals surface area contributed by atoms with E-state index in [0.29, 0.717) is 6.54 Å². The molecule has 4 nitrogen and oxygen atoms in total. The van der Waals surface area contributed by atoms with Gasteiger partial charge in [0.1, 0.15) is 6.04 Å². The van der Waals surface area contributed by atoms with Crippen LogP contribution >= 0.6 is 0 Å². The number of nitrogens with zero attached hydrogens (tertiary/aromatic N) is 1. The van der Waals surface area contributed by atoms with E-state index >= 15 is 0 Å². The zero-order chi connectivity index (χ0) is 9.14. The lowest BCUT2D eigenvalue weighted by molar-refractivity contribution is -0.144. The number of carboxylic acids is 1. The lowest BCUT2D eigenvalue weighted by Gasteiger charge is -2.28. The van der Waals surface area contributed by atoms with Crippen molar-refractivity contribution in [1.82, 2.24) is 4.90 Å². The molecule has 0 aromatic heterocycles. The quantitative estimate of drug-likeness (QED) is 0.643. The molecule has 66 valence electrons. The van der Waals surface area contributed by atoms with E-state index in [9.17, 15) is 9.59 Å². The molecular formula is C8H11NO3. The maximum atomic E-state index is 10.9. The highest BCUT2D eigenvalue weighted by Crippen LogP contribution is 2.11. The van der Waals surface area contributed by atoms with E-state index in [4.69, 9.17) is 5.11 Å². The van der Waals surface area contributed by atoms with Crippen molar-refractivity contribution < 1.29 is 14.7 Å². The van der Waals surface area contributed by atoms with Gasteiger partial charge in [0, 0.05) is 19.2 Å². The first-order valence-electron chi connectivity index (χ1n) is 3.84. The van der Waals surface area contributed by atoms with Crippen molar-refractivity contribution >= 4 is 11.8 Å². The minimum absolute atomic E-state index is 0.0830. The third kappa shape index (κ3) is 1.64. The van der Waals surface area contributed by atoms with Gasteiger partial charge in [-0.05, 0) is 13.0 Å². The van der Waals surface area contributed by atoms with E-state index in [1.54, 1.807) is 11.1 Å². The second-order valence-electron chi connectivity index (χ2n) is 2.67. The summed E-state index contributed by atoms with van der Waals surface area (Å²) in [6.07, 6.45) is 3.05. The minimum atomic E-state index is -0.936. The molecule has 0 spiro atoms. The van der Waals surface area contributed by atoms with Gasteiger partial charge in [-0.1, -0.05) is 0 Å². The van der Waals surface area contributed by atoms with Crippen molar-refractivity contribution in [1.29, 1.82) is 0 Å². The summed E-state index contributed by atoms with van der Waals surface area (Å²) in [5.41, 5.74) is 0. The van der Waals surface area contributed by atoms with Crippen molar-refractivity contribution in [2.24, 2.45) is 0 Å². The van der Waals surface area contributed by atoms with Crippen LogP contribution in [-0.2, 0) is 9.59 Å². The SMILES string of the molecule is CCN1C=CC(=O)CC1C(=O)O. The van der Waals surface area contributed by atoms with Crippen molar-refractivity contribution in [3.05, 3.63) is 12.3 Å². The summed E-state index contributed by atoms with van der Waals surface area (Å²) in [6.45, 7) is 2.47. The number of ketones is 1. The van der Waals surface area contributed by atoms with Gasteiger partial charge in [-0.2, -0.15) is 0 Å². The number of hydrogen-bond donors (Lipinski definition) is 1. The van der Waals surface area contributed by atoms with Crippen LogP contribution in [0, 0.1) is 0 Å². The van der Waals surface area contributed by atoms with Crippen LogP contribution < -0.4 is 0 Å². The number of carboxylic acid groups (broad SMARTS) is 1. The standard InChI is InChI=1S/C8H11NO3/c1-2-9-4-3-6(10)5-7(9)8(11)12/h3-4,7H,2,5H2,1H3,(H,11,12). The monoisotopic (exact) mass is 169 g/mol. The molecule has 1 aliphatic rings. The Kier molecular flexibility index (Phi) is 2.47. The second kappa shape index (κ2) is 3.38. The van der Waals surface area contributed by atoms with Gasteiger partial charge in [-0.25, -0.2) is 4.79 Å². The number of carbonyl (C=O) groups excluding carboxylic acids is 1. The maximum Gasteiger partial charge on any atom is 0.326 e. The van der Waals surface area contributed by atoms with Gasteiger partial charge < -0.3 is 10.0 Å². The Morgan fingerprint density at radius 3 is 3.00 bits per heavy atom. The molecule has 1 atom stereocenters. The summed E-state index contributed by atoms with van der Waals surface area (Å²) in [4.78, 5) is 23.1.